The first-order valence-electron chi connectivity index (χ1n) is 2.15. The molecule has 0 saturated carbocycles. The molecular formula is C5H7F2S. The third kappa shape index (κ3) is 5.95. The maximum absolute atomic E-state index is 11.2. The fraction of sp³-hybridized carbons (Fsp3) is 0.400. The normalized spacial score (nSPS) is 8.88. The van der Waals surface area contributed by atoms with Gasteiger partial charge in [-0.2, -0.15) is 20.5 Å². The van der Waals surface area contributed by atoms with E-state index in [2.05, 4.69) is 6.92 Å². The summed E-state index contributed by atoms with van der Waals surface area (Å²) in [5.41, 5.74) is 0. The number of halogens is 2. The molecule has 0 aromatic rings. The van der Waals surface area contributed by atoms with Crippen LogP contribution in [0.5, 0.6) is 0 Å². The summed E-state index contributed by atoms with van der Waals surface area (Å²) < 4.78 is 22.4. The van der Waals surface area contributed by atoms with Crippen molar-refractivity contribution in [3.05, 3.63) is 19.1 Å². The molecule has 0 aliphatic rings. The summed E-state index contributed by atoms with van der Waals surface area (Å²) in [6.07, 6.45) is -0.721. The molecule has 3 heteroatoms. The number of hydrogen-bond donors (Lipinski definition) is 0. The number of thioether (sulfide) groups is 1. The molecule has 0 atom stereocenters. The maximum atomic E-state index is 11.2. The number of hydrogen-bond acceptors (Lipinski definition) is 1. The SMILES string of the molecule is [CH2]CSCC=C(F)F. The van der Waals surface area contributed by atoms with Crippen LogP contribution in [0.1, 0.15) is 0 Å². The third-order valence-electron chi connectivity index (χ3n) is 0.500. The molecule has 0 aromatic carbocycles. The Morgan fingerprint density at radius 3 is 2.62 bits per heavy atom. The van der Waals surface area contributed by atoms with Gasteiger partial charge >= 0.3 is 0 Å². The molecule has 0 fully saturated rings. The Hall–Kier alpha value is -0.0500. The van der Waals surface area contributed by atoms with Crippen LogP contribution in [0.4, 0.5) is 8.78 Å². The summed E-state index contributed by atoms with van der Waals surface area (Å²) in [6.45, 7) is 3.47. The zero-order valence-corrected chi connectivity index (χ0v) is 5.18. The van der Waals surface area contributed by atoms with Gasteiger partial charge in [-0.25, -0.2) is 0 Å². The van der Waals surface area contributed by atoms with Gasteiger partial charge in [0.15, 0.2) is 0 Å². The molecule has 0 rings (SSSR count). The summed E-state index contributed by atoms with van der Waals surface area (Å²) in [6, 6.07) is 0. The van der Waals surface area contributed by atoms with Crippen LogP contribution in [0.2, 0.25) is 0 Å². The zero-order valence-electron chi connectivity index (χ0n) is 4.36. The van der Waals surface area contributed by atoms with Crippen molar-refractivity contribution in [1.82, 2.24) is 0 Å². The molecular weight excluding hydrogens is 130 g/mol. The first kappa shape index (κ1) is 7.95. The van der Waals surface area contributed by atoms with Crippen molar-refractivity contribution < 1.29 is 8.78 Å². The predicted octanol–water partition coefficient (Wildman–Crippen LogP) is 2.33. The van der Waals surface area contributed by atoms with E-state index in [-0.39, 0.29) is 0 Å². The maximum Gasteiger partial charge on any atom is 0.267 e. The minimum absolute atomic E-state index is 0.367. The van der Waals surface area contributed by atoms with Gasteiger partial charge in [-0.1, -0.05) is 0 Å². The van der Waals surface area contributed by atoms with Crippen molar-refractivity contribution in [3.8, 4) is 0 Å². The molecule has 47 valence electrons. The van der Waals surface area contributed by atoms with E-state index in [4.69, 9.17) is 0 Å². The van der Waals surface area contributed by atoms with E-state index in [0.29, 0.717) is 11.5 Å². The second kappa shape index (κ2) is 5.09. The van der Waals surface area contributed by atoms with Gasteiger partial charge in [-0.05, 0) is 18.8 Å². The topological polar surface area (TPSA) is 0 Å². The van der Waals surface area contributed by atoms with Crippen LogP contribution in [0.15, 0.2) is 12.2 Å². The highest BCUT2D eigenvalue weighted by atomic mass is 32.2. The molecule has 0 aromatic heterocycles. The van der Waals surface area contributed by atoms with Crippen LogP contribution in [-0.4, -0.2) is 11.5 Å². The quantitative estimate of drug-likeness (QED) is 0.538. The second-order valence-electron chi connectivity index (χ2n) is 1.07. The molecule has 0 unspecified atom stereocenters. The lowest BCUT2D eigenvalue weighted by Gasteiger charge is -1.85. The summed E-state index contributed by atoms with van der Waals surface area (Å²) in [5.74, 6) is 1.01. The van der Waals surface area contributed by atoms with E-state index < -0.39 is 6.08 Å². The van der Waals surface area contributed by atoms with Gasteiger partial charge in [0.25, 0.3) is 6.08 Å². The molecule has 0 aliphatic carbocycles. The Kier molecular flexibility index (Phi) is 5.06. The summed E-state index contributed by atoms with van der Waals surface area (Å²) in [4.78, 5) is 0. The summed E-state index contributed by atoms with van der Waals surface area (Å²) >= 11 is 1.37. The second-order valence-corrected chi connectivity index (χ2v) is 2.22. The van der Waals surface area contributed by atoms with Crippen molar-refractivity contribution in [3.63, 3.8) is 0 Å². The molecule has 0 heterocycles. The van der Waals surface area contributed by atoms with Crippen LogP contribution in [-0.2, 0) is 0 Å². The van der Waals surface area contributed by atoms with Gasteiger partial charge in [0.2, 0.25) is 0 Å². The largest absolute Gasteiger partial charge is 0.267 e. The van der Waals surface area contributed by atoms with Crippen LogP contribution in [0, 0.1) is 6.92 Å². The Bertz CT molecular complexity index is 76.5. The number of rotatable bonds is 3. The van der Waals surface area contributed by atoms with E-state index in [1.807, 2.05) is 0 Å². The lowest BCUT2D eigenvalue weighted by atomic mass is 10.7. The van der Waals surface area contributed by atoms with Gasteiger partial charge in [-0.3, -0.25) is 0 Å². The smallest absolute Gasteiger partial charge is 0.174 e. The minimum atomic E-state index is -1.61. The van der Waals surface area contributed by atoms with Crippen molar-refractivity contribution in [2.45, 2.75) is 0 Å². The minimum Gasteiger partial charge on any atom is -0.174 e. The predicted molar refractivity (Wildman–Crippen MR) is 33.0 cm³/mol. The lowest BCUT2D eigenvalue weighted by Crippen LogP contribution is -1.71. The fourth-order valence-electron chi connectivity index (χ4n) is 0.205. The molecule has 0 nitrogen and oxygen atoms in total. The third-order valence-corrected chi connectivity index (χ3v) is 1.19. The molecule has 8 heavy (non-hydrogen) atoms. The lowest BCUT2D eigenvalue weighted by molar-refractivity contribution is 0.420. The Labute approximate surface area is 52.0 Å². The van der Waals surface area contributed by atoms with Crippen LogP contribution < -0.4 is 0 Å². The van der Waals surface area contributed by atoms with Crippen LogP contribution >= 0.6 is 11.8 Å². The average molecular weight is 137 g/mol. The molecule has 0 N–H and O–H groups in total. The molecule has 1 radical (unpaired) electrons. The van der Waals surface area contributed by atoms with Crippen LogP contribution in [0.3, 0.4) is 0 Å². The van der Waals surface area contributed by atoms with E-state index in [1.54, 1.807) is 0 Å². The van der Waals surface area contributed by atoms with Gasteiger partial charge in [0.05, 0.1) is 0 Å². The molecule has 0 bridgehead atoms. The Balaban J connectivity index is 3.03. The molecule has 0 saturated heterocycles. The standard InChI is InChI=1S/C5H7F2S/c1-2-8-4-3-5(6)7/h3H,1-2,4H2. The van der Waals surface area contributed by atoms with Crippen molar-refractivity contribution in [1.29, 1.82) is 0 Å². The molecule has 0 amide bonds. The zero-order chi connectivity index (χ0) is 6.41. The summed E-state index contributed by atoms with van der Waals surface area (Å²) in [7, 11) is 0. The van der Waals surface area contributed by atoms with Gasteiger partial charge in [-0.15, -0.1) is 0 Å². The Morgan fingerprint density at radius 2 is 2.25 bits per heavy atom. The van der Waals surface area contributed by atoms with E-state index in [9.17, 15) is 8.78 Å². The average Bonchev–Trinajstić information content (AvgIpc) is 1.66. The highest BCUT2D eigenvalue weighted by molar-refractivity contribution is 7.99. The fourth-order valence-corrected chi connectivity index (χ4v) is 0.616. The van der Waals surface area contributed by atoms with E-state index >= 15 is 0 Å². The van der Waals surface area contributed by atoms with E-state index in [0.717, 1.165) is 6.08 Å². The van der Waals surface area contributed by atoms with Gasteiger partial charge in [0, 0.05) is 5.75 Å². The summed E-state index contributed by atoms with van der Waals surface area (Å²) in [5, 5.41) is 0. The van der Waals surface area contributed by atoms with Crippen molar-refractivity contribution in [2.24, 2.45) is 0 Å². The highest BCUT2D eigenvalue weighted by Crippen LogP contribution is 2.02. The van der Waals surface area contributed by atoms with Crippen molar-refractivity contribution >= 4 is 11.8 Å². The van der Waals surface area contributed by atoms with Gasteiger partial charge < -0.3 is 0 Å². The first-order valence-corrected chi connectivity index (χ1v) is 3.31. The highest BCUT2D eigenvalue weighted by Gasteiger charge is 1.84. The van der Waals surface area contributed by atoms with Gasteiger partial charge in [0.1, 0.15) is 0 Å². The van der Waals surface area contributed by atoms with Crippen LogP contribution in [0.25, 0.3) is 0 Å². The van der Waals surface area contributed by atoms with Crippen molar-refractivity contribution in [2.75, 3.05) is 11.5 Å². The molecule has 0 aliphatic heterocycles. The molecule has 0 spiro atoms. The Morgan fingerprint density at radius 1 is 1.62 bits per heavy atom. The first-order chi connectivity index (χ1) is 3.77. The van der Waals surface area contributed by atoms with E-state index in [1.165, 1.54) is 11.8 Å². The monoisotopic (exact) mass is 137 g/mol.